The predicted molar refractivity (Wildman–Crippen MR) is 89.2 cm³/mol. The lowest BCUT2D eigenvalue weighted by Crippen LogP contribution is -2.44. The van der Waals surface area contributed by atoms with Crippen molar-refractivity contribution >= 4 is 17.5 Å². The molecule has 23 heavy (non-hydrogen) atoms. The van der Waals surface area contributed by atoms with Crippen LogP contribution in [0.4, 0.5) is 0 Å². The van der Waals surface area contributed by atoms with Gasteiger partial charge in [0.1, 0.15) is 5.92 Å². The average molecular weight is 306 g/mol. The highest BCUT2D eigenvalue weighted by Gasteiger charge is 2.37. The second-order valence-electron chi connectivity index (χ2n) is 5.75. The van der Waals surface area contributed by atoms with E-state index in [1.807, 2.05) is 67.6 Å². The van der Waals surface area contributed by atoms with Crippen LogP contribution in [0.25, 0.3) is 5.70 Å². The van der Waals surface area contributed by atoms with Crippen LogP contribution < -0.4 is 11.1 Å². The van der Waals surface area contributed by atoms with Gasteiger partial charge in [0.05, 0.1) is 0 Å². The van der Waals surface area contributed by atoms with E-state index in [0.29, 0.717) is 5.70 Å². The highest BCUT2D eigenvalue weighted by atomic mass is 16.2. The molecule has 0 saturated heterocycles. The zero-order valence-corrected chi connectivity index (χ0v) is 12.8. The number of allylic oxidation sites excluding steroid dienone is 1. The Morgan fingerprint density at radius 1 is 1.04 bits per heavy atom. The molecule has 0 aliphatic carbocycles. The zero-order chi connectivity index (χ0) is 16.4. The quantitative estimate of drug-likeness (QED) is 0.854. The van der Waals surface area contributed by atoms with E-state index in [4.69, 9.17) is 5.73 Å². The van der Waals surface area contributed by atoms with Crippen LogP contribution in [-0.4, -0.2) is 11.8 Å². The number of hydrogen-bond donors (Lipinski definition) is 2. The first-order valence-corrected chi connectivity index (χ1v) is 7.50. The molecule has 0 aromatic heterocycles. The van der Waals surface area contributed by atoms with Gasteiger partial charge in [0, 0.05) is 11.6 Å². The van der Waals surface area contributed by atoms with Crippen LogP contribution in [0.5, 0.6) is 0 Å². The number of rotatable bonds is 3. The van der Waals surface area contributed by atoms with Crippen molar-refractivity contribution in [3.05, 3.63) is 77.4 Å². The van der Waals surface area contributed by atoms with Gasteiger partial charge < -0.3 is 11.1 Å². The third-order valence-corrected chi connectivity index (χ3v) is 4.10. The van der Waals surface area contributed by atoms with Crippen molar-refractivity contribution in [2.75, 3.05) is 0 Å². The number of hydrogen-bond acceptors (Lipinski definition) is 2. The van der Waals surface area contributed by atoms with Crippen molar-refractivity contribution in [3.63, 3.8) is 0 Å². The van der Waals surface area contributed by atoms with Crippen LogP contribution in [0.1, 0.15) is 22.6 Å². The number of aryl methyl sites for hydroxylation is 1. The van der Waals surface area contributed by atoms with Crippen LogP contribution in [0.3, 0.4) is 0 Å². The number of nitrogens with two attached hydrogens (primary N) is 1. The molecule has 1 heterocycles. The third-order valence-electron chi connectivity index (χ3n) is 4.10. The lowest BCUT2D eigenvalue weighted by Gasteiger charge is -2.28. The summed E-state index contributed by atoms with van der Waals surface area (Å²) in [6.07, 6.45) is 1.91. The topological polar surface area (TPSA) is 72.2 Å². The molecule has 2 aromatic carbocycles. The Bertz CT molecular complexity index is 764. The first-order chi connectivity index (χ1) is 11.1. The van der Waals surface area contributed by atoms with Crippen molar-refractivity contribution in [2.45, 2.75) is 12.8 Å². The lowest BCUT2D eigenvalue weighted by molar-refractivity contribution is -0.133. The van der Waals surface area contributed by atoms with Gasteiger partial charge in [0.25, 0.3) is 0 Å². The molecule has 4 nitrogen and oxygen atoms in total. The maximum absolute atomic E-state index is 12.4. The average Bonchev–Trinajstić information content (AvgIpc) is 2.55. The van der Waals surface area contributed by atoms with Gasteiger partial charge in [-0.05, 0) is 18.1 Å². The number of amides is 2. The molecular formula is C19H18N2O2. The number of carbonyl (C=O) groups is 2. The molecule has 0 saturated carbocycles. The molecule has 116 valence electrons. The SMILES string of the molecule is Cc1ccc(C2C=C(c3ccccc3)NC(=O)C2C(N)=O)cc1. The summed E-state index contributed by atoms with van der Waals surface area (Å²) in [4.78, 5) is 24.2. The first kappa shape index (κ1) is 15.0. The maximum Gasteiger partial charge on any atom is 0.237 e. The highest BCUT2D eigenvalue weighted by molar-refractivity contribution is 6.05. The largest absolute Gasteiger partial charge is 0.369 e. The molecule has 1 aliphatic heterocycles. The Labute approximate surface area is 135 Å². The number of primary amides is 1. The summed E-state index contributed by atoms with van der Waals surface area (Å²) in [6.45, 7) is 1.99. The van der Waals surface area contributed by atoms with Gasteiger partial charge in [0.15, 0.2) is 0 Å². The Balaban J connectivity index is 2.08. The zero-order valence-electron chi connectivity index (χ0n) is 12.8. The molecule has 0 radical (unpaired) electrons. The first-order valence-electron chi connectivity index (χ1n) is 7.50. The van der Waals surface area contributed by atoms with Crippen LogP contribution in [-0.2, 0) is 9.59 Å². The molecule has 3 rings (SSSR count). The van der Waals surface area contributed by atoms with Gasteiger partial charge in [-0.1, -0.05) is 66.2 Å². The molecule has 0 fully saturated rings. The second-order valence-corrected chi connectivity index (χ2v) is 5.75. The van der Waals surface area contributed by atoms with E-state index >= 15 is 0 Å². The van der Waals surface area contributed by atoms with Gasteiger partial charge in [-0.15, -0.1) is 0 Å². The minimum atomic E-state index is -0.898. The molecule has 1 aliphatic rings. The smallest absolute Gasteiger partial charge is 0.237 e. The summed E-state index contributed by atoms with van der Waals surface area (Å²) < 4.78 is 0. The normalized spacial score (nSPS) is 20.6. The molecule has 3 N–H and O–H groups in total. The molecule has 2 aromatic rings. The van der Waals surface area contributed by atoms with Crippen molar-refractivity contribution in [2.24, 2.45) is 11.7 Å². The van der Waals surface area contributed by atoms with Crippen molar-refractivity contribution < 1.29 is 9.59 Å². The maximum atomic E-state index is 12.4. The Morgan fingerprint density at radius 2 is 1.70 bits per heavy atom. The third kappa shape index (κ3) is 3.01. The van der Waals surface area contributed by atoms with E-state index in [9.17, 15) is 9.59 Å². The van der Waals surface area contributed by atoms with Gasteiger partial charge in [-0.3, -0.25) is 9.59 Å². The minimum absolute atomic E-state index is 0.357. The fourth-order valence-electron chi connectivity index (χ4n) is 2.86. The number of nitrogens with one attached hydrogen (secondary N) is 1. The summed E-state index contributed by atoms with van der Waals surface area (Å²) in [7, 11) is 0. The molecule has 2 amide bonds. The van der Waals surface area contributed by atoms with E-state index in [-0.39, 0.29) is 11.8 Å². The summed E-state index contributed by atoms with van der Waals surface area (Å²) in [6, 6.07) is 17.4. The van der Waals surface area contributed by atoms with Gasteiger partial charge >= 0.3 is 0 Å². The predicted octanol–water partition coefficient (Wildman–Crippen LogP) is 2.35. The van der Waals surface area contributed by atoms with Crippen LogP contribution in [0.15, 0.2) is 60.7 Å². The fourth-order valence-corrected chi connectivity index (χ4v) is 2.86. The summed E-state index contributed by atoms with van der Waals surface area (Å²) in [5.41, 5.74) is 9.11. The van der Waals surface area contributed by atoms with Gasteiger partial charge in [0.2, 0.25) is 11.8 Å². The Morgan fingerprint density at radius 3 is 2.30 bits per heavy atom. The Hall–Kier alpha value is -2.88. The molecule has 0 bridgehead atoms. The monoisotopic (exact) mass is 306 g/mol. The van der Waals surface area contributed by atoms with Gasteiger partial charge in [-0.2, -0.15) is 0 Å². The molecule has 2 atom stereocenters. The second kappa shape index (κ2) is 6.08. The van der Waals surface area contributed by atoms with E-state index in [0.717, 1.165) is 16.7 Å². The van der Waals surface area contributed by atoms with Crippen molar-refractivity contribution in [1.29, 1.82) is 0 Å². The standard InChI is InChI=1S/C19H18N2O2/c1-12-7-9-13(10-8-12)15-11-16(14-5-3-2-4-6-14)21-19(23)17(15)18(20)22/h2-11,15,17H,1H3,(H2,20,22)(H,21,23). The van der Waals surface area contributed by atoms with E-state index < -0.39 is 11.8 Å². The molecule has 0 spiro atoms. The fraction of sp³-hybridized carbons (Fsp3) is 0.158. The minimum Gasteiger partial charge on any atom is -0.369 e. The molecule has 2 unspecified atom stereocenters. The molecule has 4 heteroatoms. The van der Waals surface area contributed by atoms with E-state index in [1.165, 1.54) is 0 Å². The van der Waals surface area contributed by atoms with Gasteiger partial charge in [-0.25, -0.2) is 0 Å². The number of benzene rings is 2. The van der Waals surface area contributed by atoms with E-state index in [2.05, 4.69) is 5.32 Å². The summed E-state index contributed by atoms with van der Waals surface area (Å²) in [5.74, 6) is -2.23. The highest BCUT2D eigenvalue weighted by Crippen LogP contribution is 2.33. The lowest BCUT2D eigenvalue weighted by atomic mass is 9.81. The van der Waals surface area contributed by atoms with E-state index in [1.54, 1.807) is 0 Å². The van der Waals surface area contributed by atoms with Crippen molar-refractivity contribution in [3.8, 4) is 0 Å². The number of carbonyl (C=O) groups excluding carboxylic acids is 2. The van der Waals surface area contributed by atoms with Crippen molar-refractivity contribution in [1.82, 2.24) is 5.32 Å². The molecular weight excluding hydrogens is 288 g/mol. The van der Waals surface area contributed by atoms with Crippen LogP contribution in [0, 0.1) is 12.8 Å². The summed E-state index contributed by atoms with van der Waals surface area (Å²) in [5, 5.41) is 2.80. The van der Waals surface area contributed by atoms with Crippen LogP contribution >= 0.6 is 0 Å². The van der Waals surface area contributed by atoms with Crippen LogP contribution in [0.2, 0.25) is 0 Å². The Kier molecular flexibility index (Phi) is 3.98. The summed E-state index contributed by atoms with van der Waals surface area (Å²) >= 11 is 0.